The largest absolute Gasteiger partial charge is 0.480 e. The predicted molar refractivity (Wildman–Crippen MR) is 53.7 cm³/mol. The summed E-state index contributed by atoms with van der Waals surface area (Å²) in [5, 5.41) is 8.86. The molecule has 0 radical (unpaired) electrons. The summed E-state index contributed by atoms with van der Waals surface area (Å²) in [5.41, 5.74) is 0. The molecule has 4 nitrogen and oxygen atoms in total. The summed E-state index contributed by atoms with van der Waals surface area (Å²) < 4.78 is 15.7. The van der Waals surface area contributed by atoms with Crippen molar-refractivity contribution in [3.8, 4) is 0 Å². The minimum absolute atomic E-state index is 0.259. The van der Waals surface area contributed by atoms with E-state index in [4.69, 9.17) is 9.84 Å². The number of hydrogen-bond acceptors (Lipinski definition) is 3. The topological polar surface area (TPSA) is 63.6 Å². The first-order valence-electron chi connectivity index (χ1n) is 4.64. The van der Waals surface area contributed by atoms with E-state index in [2.05, 4.69) is 0 Å². The first-order chi connectivity index (χ1) is 6.44. The fourth-order valence-corrected chi connectivity index (χ4v) is 2.54. The molecule has 0 bridgehead atoms. The maximum Gasteiger partial charge on any atom is 0.321 e. The summed E-state index contributed by atoms with van der Waals surface area (Å²) in [4.78, 5) is 10.8. The minimum Gasteiger partial charge on any atom is -0.480 e. The number of ether oxygens (including phenoxy) is 1. The summed E-state index contributed by atoms with van der Waals surface area (Å²) in [6.45, 7) is 4.32. The summed E-state index contributed by atoms with van der Waals surface area (Å²) in [6.07, 6.45) is 0.890. The lowest BCUT2D eigenvalue weighted by Crippen LogP contribution is -2.39. The lowest BCUT2D eigenvalue weighted by Gasteiger charge is -2.20. The Labute approximate surface area is 86.1 Å². The van der Waals surface area contributed by atoms with Gasteiger partial charge in [-0.1, -0.05) is 0 Å². The van der Waals surface area contributed by atoms with Crippen LogP contribution in [0.25, 0.3) is 0 Å². The van der Waals surface area contributed by atoms with Crippen molar-refractivity contribution in [1.82, 2.24) is 0 Å². The molecule has 1 aliphatic rings. The normalized spacial score (nSPS) is 24.9. The number of carboxylic acids is 1. The second-order valence-electron chi connectivity index (χ2n) is 4.06. The third-order valence-corrected chi connectivity index (χ3v) is 4.58. The zero-order valence-corrected chi connectivity index (χ0v) is 9.30. The molecule has 2 atom stereocenters. The smallest absolute Gasteiger partial charge is 0.321 e. The van der Waals surface area contributed by atoms with Gasteiger partial charge in [0.05, 0.1) is 6.61 Å². The monoisotopic (exact) mass is 220 g/mol. The molecule has 0 aromatic rings. The first-order valence-corrected chi connectivity index (χ1v) is 5.96. The van der Waals surface area contributed by atoms with Crippen LogP contribution in [0.3, 0.4) is 0 Å². The lowest BCUT2D eigenvalue weighted by atomic mass is 10.2. The summed E-state index contributed by atoms with van der Waals surface area (Å²) in [6, 6.07) is 0. The van der Waals surface area contributed by atoms with Gasteiger partial charge < -0.3 is 9.84 Å². The standard InChI is InChI=1S/C9H16O4S/c1-9(2,8(10)11)14(12)6-7-3-4-13-5-7/h7H,3-6H2,1-2H3,(H,10,11). The van der Waals surface area contributed by atoms with Gasteiger partial charge in [0.2, 0.25) is 0 Å². The van der Waals surface area contributed by atoms with E-state index in [0.29, 0.717) is 19.0 Å². The molecule has 5 heteroatoms. The van der Waals surface area contributed by atoms with Crippen LogP contribution in [-0.4, -0.2) is 39.0 Å². The van der Waals surface area contributed by atoms with Gasteiger partial charge in [0.15, 0.2) is 0 Å². The molecule has 14 heavy (non-hydrogen) atoms. The third kappa shape index (κ3) is 2.54. The maximum atomic E-state index is 11.7. The van der Waals surface area contributed by atoms with E-state index in [1.807, 2.05) is 0 Å². The van der Waals surface area contributed by atoms with Gasteiger partial charge in [-0.2, -0.15) is 0 Å². The summed E-state index contributed by atoms with van der Waals surface area (Å²) in [7, 11) is -1.33. The van der Waals surface area contributed by atoms with E-state index >= 15 is 0 Å². The average Bonchev–Trinajstić information content (AvgIpc) is 2.56. The van der Waals surface area contributed by atoms with E-state index in [1.165, 1.54) is 13.8 Å². The molecule has 0 aromatic carbocycles. The van der Waals surface area contributed by atoms with Crippen LogP contribution in [0.1, 0.15) is 20.3 Å². The summed E-state index contributed by atoms with van der Waals surface area (Å²) >= 11 is 0. The van der Waals surface area contributed by atoms with E-state index in [-0.39, 0.29) is 5.92 Å². The Kier molecular flexibility index (Phi) is 3.66. The van der Waals surface area contributed by atoms with Crippen LogP contribution in [0.15, 0.2) is 0 Å². The number of aliphatic carboxylic acids is 1. The van der Waals surface area contributed by atoms with Crippen molar-refractivity contribution in [2.45, 2.75) is 25.0 Å². The van der Waals surface area contributed by atoms with Gasteiger partial charge in [-0.05, 0) is 26.2 Å². The number of carboxylic acid groups (broad SMARTS) is 1. The molecule has 0 spiro atoms. The molecule has 1 N–H and O–H groups in total. The highest BCUT2D eigenvalue weighted by molar-refractivity contribution is 7.87. The van der Waals surface area contributed by atoms with Gasteiger partial charge in [-0.3, -0.25) is 9.00 Å². The van der Waals surface area contributed by atoms with Gasteiger partial charge >= 0.3 is 5.97 Å². The van der Waals surface area contributed by atoms with Crippen LogP contribution in [-0.2, 0) is 20.3 Å². The van der Waals surface area contributed by atoms with Gasteiger partial charge in [-0.25, -0.2) is 0 Å². The van der Waals surface area contributed by atoms with Crippen LogP contribution in [0, 0.1) is 5.92 Å². The SMILES string of the molecule is CC(C)(C(=O)O)S(=O)CC1CCOC1. The van der Waals surface area contributed by atoms with Crippen molar-refractivity contribution < 1.29 is 18.8 Å². The average molecular weight is 220 g/mol. The molecule has 82 valence electrons. The molecule has 0 amide bonds. The quantitative estimate of drug-likeness (QED) is 0.755. The molecular weight excluding hydrogens is 204 g/mol. The minimum atomic E-state index is -1.33. The Balaban J connectivity index is 2.52. The van der Waals surface area contributed by atoms with E-state index in [1.54, 1.807) is 0 Å². The molecule has 0 aromatic heterocycles. The second kappa shape index (κ2) is 4.40. The molecule has 2 unspecified atom stereocenters. The van der Waals surface area contributed by atoms with Crippen LogP contribution in [0.4, 0.5) is 0 Å². The van der Waals surface area contributed by atoms with Crippen molar-refractivity contribution in [3.63, 3.8) is 0 Å². The molecule has 1 fully saturated rings. The highest BCUT2D eigenvalue weighted by Crippen LogP contribution is 2.20. The van der Waals surface area contributed by atoms with Crippen molar-refractivity contribution >= 4 is 16.8 Å². The van der Waals surface area contributed by atoms with Crippen LogP contribution in [0.2, 0.25) is 0 Å². The van der Waals surface area contributed by atoms with Gasteiger partial charge in [0.25, 0.3) is 0 Å². The van der Waals surface area contributed by atoms with Crippen LogP contribution >= 0.6 is 0 Å². The lowest BCUT2D eigenvalue weighted by molar-refractivity contribution is -0.139. The number of rotatable bonds is 4. The molecule has 1 aliphatic heterocycles. The first kappa shape index (κ1) is 11.7. The predicted octanol–water partition coefficient (Wildman–Crippen LogP) is 0.635. The Bertz CT molecular complexity index is 243. The zero-order valence-electron chi connectivity index (χ0n) is 8.49. The van der Waals surface area contributed by atoms with Crippen LogP contribution in [0.5, 0.6) is 0 Å². The van der Waals surface area contributed by atoms with Crippen molar-refractivity contribution in [1.29, 1.82) is 0 Å². The van der Waals surface area contributed by atoms with Crippen molar-refractivity contribution in [2.24, 2.45) is 5.92 Å². The van der Waals surface area contributed by atoms with Crippen molar-refractivity contribution in [2.75, 3.05) is 19.0 Å². The highest BCUT2D eigenvalue weighted by atomic mass is 32.2. The van der Waals surface area contributed by atoms with Gasteiger partial charge in [-0.15, -0.1) is 0 Å². The molecular formula is C9H16O4S. The second-order valence-corrected chi connectivity index (χ2v) is 6.10. The molecule has 0 aliphatic carbocycles. The van der Waals surface area contributed by atoms with E-state index < -0.39 is 21.5 Å². The maximum absolute atomic E-state index is 11.7. The van der Waals surface area contributed by atoms with E-state index in [0.717, 1.165) is 6.42 Å². The van der Waals surface area contributed by atoms with Crippen molar-refractivity contribution in [3.05, 3.63) is 0 Å². The number of carbonyl (C=O) groups is 1. The fraction of sp³-hybridized carbons (Fsp3) is 0.889. The number of hydrogen-bond donors (Lipinski definition) is 1. The molecule has 0 saturated carbocycles. The molecule has 1 rings (SSSR count). The van der Waals surface area contributed by atoms with Gasteiger partial charge in [0, 0.05) is 23.2 Å². The molecule has 1 heterocycles. The molecule has 1 saturated heterocycles. The Morgan fingerprint density at radius 1 is 1.64 bits per heavy atom. The van der Waals surface area contributed by atoms with E-state index in [9.17, 15) is 9.00 Å². The third-order valence-electron chi connectivity index (χ3n) is 2.50. The highest BCUT2D eigenvalue weighted by Gasteiger charge is 2.36. The van der Waals surface area contributed by atoms with Gasteiger partial charge in [0.1, 0.15) is 4.75 Å². The Morgan fingerprint density at radius 2 is 2.29 bits per heavy atom. The summed E-state index contributed by atoms with van der Waals surface area (Å²) in [5.74, 6) is -0.316. The van der Waals surface area contributed by atoms with Crippen LogP contribution < -0.4 is 0 Å². The Hall–Kier alpha value is -0.420. The Morgan fingerprint density at radius 3 is 2.71 bits per heavy atom. The fourth-order valence-electron chi connectivity index (χ4n) is 1.23. The zero-order chi connectivity index (χ0) is 10.8.